The maximum atomic E-state index is 9.49. The molecule has 0 amide bonds. The Morgan fingerprint density at radius 1 is 0.789 bits per heavy atom. The lowest BCUT2D eigenvalue weighted by Gasteiger charge is -2.30. The molecule has 0 aromatic rings. The summed E-state index contributed by atoms with van der Waals surface area (Å²) >= 11 is 0. The van der Waals surface area contributed by atoms with Crippen molar-refractivity contribution in [3.05, 3.63) is 0 Å². The Labute approximate surface area is 118 Å². The van der Waals surface area contributed by atoms with Crippen molar-refractivity contribution in [2.45, 2.75) is 65.9 Å². The summed E-state index contributed by atoms with van der Waals surface area (Å²) in [4.78, 5) is 0. The molecular weight excluding hydrogens is 244 g/mol. The van der Waals surface area contributed by atoms with Crippen LogP contribution in [0.3, 0.4) is 0 Å². The van der Waals surface area contributed by atoms with Crippen LogP contribution in [0.4, 0.5) is 0 Å². The van der Waals surface area contributed by atoms with Gasteiger partial charge in [-0.15, -0.1) is 0 Å². The van der Waals surface area contributed by atoms with Crippen molar-refractivity contribution < 1.29 is 20.4 Å². The van der Waals surface area contributed by atoms with Gasteiger partial charge in [-0.1, -0.05) is 47.0 Å². The molecule has 1 atom stereocenters. The van der Waals surface area contributed by atoms with E-state index in [2.05, 4.69) is 0 Å². The zero-order valence-corrected chi connectivity index (χ0v) is 13.1. The van der Waals surface area contributed by atoms with E-state index in [1.165, 1.54) is 0 Å². The zero-order chi connectivity index (χ0) is 15.3. The predicted molar refractivity (Wildman–Crippen MR) is 79.0 cm³/mol. The molecular formula is C15H34O4. The molecule has 1 unspecified atom stereocenters. The minimum Gasteiger partial charge on any atom is -0.396 e. The molecule has 0 aliphatic carbocycles. The van der Waals surface area contributed by atoms with Crippen LogP contribution in [0.15, 0.2) is 0 Å². The quantitative estimate of drug-likeness (QED) is 0.486. The largest absolute Gasteiger partial charge is 0.396 e. The Morgan fingerprint density at radius 3 is 1.37 bits per heavy atom. The highest BCUT2D eigenvalue weighted by Gasteiger charge is 2.28. The fraction of sp³-hybridized carbons (Fsp3) is 1.00. The summed E-state index contributed by atoms with van der Waals surface area (Å²) in [6, 6.07) is 0. The normalized spacial score (nSPS) is 13.1. The van der Waals surface area contributed by atoms with Gasteiger partial charge in [-0.25, -0.2) is 0 Å². The average Bonchev–Trinajstić information content (AvgIpc) is 2.38. The molecule has 0 spiro atoms. The highest BCUT2D eigenvalue weighted by molar-refractivity contribution is 4.78. The molecule has 0 fully saturated rings. The van der Waals surface area contributed by atoms with E-state index in [9.17, 15) is 5.11 Å². The smallest absolute Gasteiger partial charge is 0.0635 e. The van der Waals surface area contributed by atoms with Gasteiger partial charge in [0, 0.05) is 18.6 Å². The number of unbranched alkanes of at least 4 members (excludes halogenated alkanes) is 4. The lowest BCUT2D eigenvalue weighted by Crippen LogP contribution is -2.36. The fourth-order valence-corrected chi connectivity index (χ4v) is 1.75. The molecule has 0 aliphatic heterocycles. The van der Waals surface area contributed by atoms with E-state index < -0.39 is 6.10 Å². The van der Waals surface area contributed by atoms with E-state index in [1.54, 1.807) is 0 Å². The van der Waals surface area contributed by atoms with Crippen molar-refractivity contribution in [3.63, 3.8) is 0 Å². The first kappa shape index (κ1) is 21.1. The molecule has 0 saturated carbocycles. The van der Waals surface area contributed by atoms with Crippen LogP contribution in [-0.2, 0) is 0 Å². The van der Waals surface area contributed by atoms with Crippen LogP contribution in [0.2, 0.25) is 0 Å². The molecule has 0 saturated heterocycles. The monoisotopic (exact) mass is 278 g/mol. The van der Waals surface area contributed by atoms with Crippen LogP contribution < -0.4 is 0 Å². The van der Waals surface area contributed by atoms with Gasteiger partial charge in [0.25, 0.3) is 0 Å². The lowest BCUT2D eigenvalue weighted by molar-refractivity contribution is -0.0204. The van der Waals surface area contributed by atoms with Crippen molar-refractivity contribution in [2.24, 2.45) is 11.3 Å². The second-order valence-corrected chi connectivity index (χ2v) is 6.05. The minimum absolute atomic E-state index is 0.0341. The molecule has 0 rings (SSSR count). The van der Waals surface area contributed by atoms with Gasteiger partial charge < -0.3 is 20.4 Å². The van der Waals surface area contributed by atoms with Gasteiger partial charge in [0.2, 0.25) is 0 Å². The fourth-order valence-electron chi connectivity index (χ4n) is 1.75. The van der Waals surface area contributed by atoms with Gasteiger partial charge in [-0.05, 0) is 18.8 Å². The van der Waals surface area contributed by atoms with Gasteiger partial charge in [0.05, 0.1) is 12.7 Å². The van der Waals surface area contributed by atoms with Crippen molar-refractivity contribution in [2.75, 3.05) is 19.8 Å². The summed E-state index contributed by atoms with van der Waals surface area (Å²) in [5.41, 5.74) is -0.367. The van der Waals surface area contributed by atoms with Crippen LogP contribution in [0.5, 0.6) is 0 Å². The van der Waals surface area contributed by atoms with Gasteiger partial charge in [0.1, 0.15) is 0 Å². The average molecular weight is 278 g/mol. The Balaban J connectivity index is 0. The van der Waals surface area contributed by atoms with Crippen molar-refractivity contribution in [1.29, 1.82) is 0 Å². The summed E-state index contributed by atoms with van der Waals surface area (Å²) in [7, 11) is 0. The highest BCUT2D eigenvalue weighted by atomic mass is 16.3. The first-order chi connectivity index (χ1) is 8.83. The summed E-state index contributed by atoms with van der Waals surface area (Å²) in [6.07, 6.45) is 4.72. The Bertz CT molecular complexity index is 175. The molecule has 4 heteroatoms. The molecule has 0 aliphatic rings. The number of hydrogen-bond donors (Lipinski definition) is 4. The first-order valence-electron chi connectivity index (χ1n) is 7.34. The van der Waals surface area contributed by atoms with E-state index in [1.807, 2.05) is 27.7 Å². The number of aliphatic hydroxyl groups is 4. The van der Waals surface area contributed by atoms with Gasteiger partial charge in [0.15, 0.2) is 0 Å². The summed E-state index contributed by atoms with van der Waals surface area (Å²) in [5.74, 6) is 0.210. The SMILES string of the molecule is CC(C)C(O)C(C)(C)CO.OCCCCCCCO. The van der Waals surface area contributed by atoms with Crippen LogP contribution in [0.1, 0.15) is 59.8 Å². The second kappa shape index (κ2) is 12.9. The third-order valence-corrected chi connectivity index (χ3v) is 3.16. The third kappa shape index (κ3) is 12.6. The van der Waals surface area contributed by atoms with E-state index in [0.717, 1.165) is 32.1 Å². The Hall–Kier alpha value is -0.160. The van der Waals surface area contributed by atoms with E-state index >= 15 is 0 Å². The van der Waals surface area contributed by atoms with Crippen LogP contribution in [0, 0.1) is 11.3 Å². The molecule has 0 heterocycles. The molecule has 118 valence electrons. The molecule has 0 aromatic heterocycles. The van der Waals surface area contributed by atoms with E-state index in [-0.39, 0.29) is 17.9 Å². The number of rotatable bonds is 9. The lowest BCUT2D eigenvalue weighted by atomic mass is 9.82. The van der Waals surface area contributed by atoms with Crippen LogP contribution >= 0.6 is 0 Å². The summed E-state index contributed by atoms with van der Waals surface area (Å²) in [5, 5.41) is 35.1. The standard InChI is InChI=1S/C8H18O2.C7H16O2/c1-6(2)7(10)8(3,4)5-9;8-6-4-2-1-3-5-7-9/h6-7,9-10H,5H2,1-4H3;8-9H,1-7H2. The Morgan fingerprint density at radius 2 is 1.16 bits per heavy atom. The molecule has 4 N–H and O–H groups in total. The second-order valence-electron chi connectivity index (χ2n) is 6.05. The molecule has 0 aromatic carbocycles. The topological polar surface area (TPSA) is 80.9 Å². The number of hydrogen-bond acceptors (Lipinski definition) is 4. The highest BCUT2D eigenvalue weighted by Crippen LogP contribution is 2.24. The van der Waals surface area contributed by atoms with Crippen molar-refractivity contribution in [3.8, 4) is 0 Å². The first-order valence-corrected chi connectivity index (χ1v) is 7.34. The Kier molecular flexibility index (Phi) is 14.3. The third-order valence-electron chi connectivity index (χ3n) is 3.16. The maximum Gasteiger partial charge on any atom is 0.0635 e. The zero-order valence-electron chi connectivity index (χ0n) is 13.1. The van der Waals surface area contributed by atoms with Crippen molar-refractivity contribution >= 4 is 0 Å². The van der Waals surface area contributed by atoms with Gasteiger partial charge in [-0.3, -0.25) is 0 Å². The molecule has 19 heavy (non-hydrogen) atoms. The van der Waals surface area contributed by atoms with Crippen LogP contribution in [0.25, 0.3) is 0 Å². The van der Waals surface area contributed by atoms with Gasteiger partial charge in [-0.2, -0.15) is 0 Å². The molecule has 0 radical (unpaired) electrons. The van der Waals surface area contributed by atoms with Crippen LogP contribution in [-0.4, -0.2) is 46.4 Å². The van der Waals surface area contributed by atoms with Crippen molar-refractivity contribution in [1.82, 2.24) is 0 Å². The van der Waals surface area contributed by atoms with Gasteiger partial charge >= 0.3 is 0 Å². The summed E-state index contributed by atoms with van der Waals surface area (Å²) < 4.78 is 0. The maximum absolute atomic E-state index is 9.49. The number of aliphatic hydroxyl groups excluding tert-OH is 4. The molecule has 0 bridgehead atoms. The van der Waals surface area contributed by atoms with E-state index in [0.29, 0.717) is 13.2 Å². The van der Waals surface area contributed by atoms with E-state index in [4.69, 9.17) is 15.3 Å². The molecule has 4 nitrogen and oxygen atoms in total. The predicted octanol–water partition coefficient (Wildman–Crippen LogP) is 1.94. The summed E-state index contributed by atoms with van der Waals surface area (Å²) in [6.45, 7) is 8.25. The minimum atomic E-state index is -0.419.